The van der Waals surface area contributed by atoms with Crippen molar-refractivity contribution in [3.63, 3.8) is 0 Å². The molecule has 0 radical (unpaired) electrons. The van der Waals surface area contributed by atoms with Gasteiger partial charge in [0.1, 0.15) is 17.8 Å². The minimum Gasteiger partial charge on any atom is -0.726 e. The van der Waals surface area contributed by atoms with Crippen LogP contribution in [0, 0.1) is 46.3 Å². The molecular formula is C27H45NaO10S. The molecule has 4 aliphatic carbocycles. The summed E-state index contributed by atoms with van der Waals surface area (Å²) in [6.07, 6.45) is -2.45. The summed E-state index contributed by atoms with van der Waals surface area (Å²) >= 11 is 0. The number of aliphatic hydroxyl groups is 6. The number of fused-ring (bicyclic) bond motifs is 5. The molecule has 14 atom stereocenters. The van der Waals surface area contributed by atoms with Crippen molar-refractivity contribution in [3.8, 4) is 0 Å². The zero-order valence-corrected chi connectivity index (χ0v) is 26.7. The van der Waals surface area contributed by atoms with E-state index in [2.05, 4.69) is 0 Å². The minimum absolute atomic E-state index is 0. The van der Waals surface area contributed by atoms with E-state index in [9.17, 15) is 43.6 Å². The second-order valence-corrected chi connectivity index (χ2v) is 14.4. The van der Waals surface area contributed by atoms with E-state index in [4.69, 9.17) is 4.18 Å². The molecule has 1 unspecified atom stereocenters. The molecule has 0 aromatic carbocycles. The molecule has 4 saturated carbocycles. The molecule has 12 heteroatoms. The van der Waals surface area contributed by atoms with Crippen LogP contribution < -0.4 is 29.6 Å². The summed E-state index contributed by atoms with van der Waals surface area (Å²) in [7, 11) is -5.35. The summed E-state index contributed by atoms with van der Waals surface area (Å²) < 4.78 is 40.1. The minimum atomic E-state index is -5.35. The zero-order chi connectivity index (χ0) is 28.6. The second-order valence-electron chi connectivity index (χ2n) is 13.4. The largest absolute Gasteiger partial charge is 1.00 e. The van der Waals surface area contributed by atoms with Gasteiger partial charge in [0.15, 0.2) is 0 Å². The quantitative estimate of drug-likeness (QED) is 0.0858. The number of rotatable bonds is 6. The Morgan fingerprint density at radius 2 is 1.56 bits per heavy atom. The third kappa shape index (κ3) is 5.47. The van der Waals surface area contributed by atoms with E-state index in [1.807, 2.05) is 33.8 Å². The van der Waals surface area contributed by atoms with E-state index >= 15 is 0 Å². The monoisotopic (exact) mass is 584 g/mol. The molecule has 0 aliphatic heterocycles. The molecule has 0 saturated heterocycles. The first-order valence-corrected chi connectivity index (χ1v) is 15.2. The van der Waals surface area contributed by atoms with Gasteiger partial charge in [-0.25, -0.2) is 8.42 Å². The van der Waals surface area contributed by atoms with Crippen molar-refractivity contribution in [3.05, 3.63) is 12.2 Å². The molecule has 10 nitrogen and oxygen atoms in total. The summed E-state index contributed by atoms with van der Waals surface area (Å²) in [4.78, 5) is 0. The summed E-state index contributed by atoms with van der Waals surface area (Å²) in [5.74, 6) is -2.77. The first-order valence-electron chi connectivity index (χ1n) is 13.8. The van der Waals surface area contributed by atoms with Crippen molar-refractivity contribution in [2.75, 3.05) is 0 Å². The predicted octanol–water partition coefficient (Wildman–Crippen LogP) is -2.30. The van der Waals surface area contributed by atoms with Gasteiger partial charge in [0.05, 0.1) is 24.4 Å². The molecular weight excluding hydrogens is 539 g/mol. The van der Waals surface area contributed by atoms with Crippen molar-refractivity contribution in [1.82, 2.24) is 0 Å². The van der Waals surface area contributed by atoms with Crippen molar-refractivity contribution < 1.29 is 77.4 Å². The second kappa shape index (κ2) is 11.5. The fraction of sp³-hybridized carbons (Fsp3) is 0.926. The van der Waals surface area contributed by atoms with Gasteiger partial charge in [-0.2, -0.15) is 0 Å². The molecule has 0 amide bonds. The summed E-state index contributed by atoms with van der Waals surface area (Å²) in [5.41, 5.74) is -3.65. The van der Waals surface area contributed by atoms with E-state index in [1.54, 1.807) is 13.0 Å². The molecule has 0 spiro atoms. The topological polar surface area (TPSA) is 188 Å². The van der Waals surface area contributed by atoms with Gasteiger partial charge in [-0.15, -0.1) is 0 Å². The van der Waals surface area contributed by atoms with Crippen LogP contribution >= 0.6 is 0 Å². The fourth-order valence-electron chi connectivity index (χ4n) is 9.23. The van der Waals surface area contributed by atoms with Gasteiger partial charge in [-0.1, -0.05) is 46.8 Å². The van der Waals surface area contributed by atoms with Crippen LogP contribution in [0.15, 0.2) is 12.2 Å². The van der Waals surface area contributed by atoms with E-state index in [1.165, 1.54) is 0 Å². The van der Waals surface area contributed by atoms with Crippen molar-refractivity contribution in [1.29, 1.82) is 0 Å². The third-order valence-corrected chi connectivity index (χ3v) is 11.5. The molecule has 0 bridgehead atoms. The van der Waals surface area contributed by atoms with Gasteiger partial charge in [0, 0.05) is 11.8 Å². The SMILES string of the molecule is CC(C)[C@@H](O)/C=C/[C@@H](C)[C@H]1C[C@@H](O)[C@@H]2[C@]1(C)CC[C@H]1[C@@]2(O)[C@H](O)[C@H](OS(=O)(=O)[O-])C2[C@@H](O)[C@@H](O)CC[C@@]21C.[Na+]. The molecule has 6 N–H and O–H groups in total. The average molecular weight is 585 g/mol. The smallest absolute Gasteiger partial charge is 0.726 e. The molecule has 4 rings (SSSR count). The Balaban J connectivity index is 0.00000420. The van der Waals surface area contributed by atoms with Crippen LogP contribution in [-0.4, -0.2) is 85.8 Å². The molecule has 0 aromatic heterocycles. The van der Waals surface area contributed by atoms with Crippen molar-refractivity contribution >= 4 is 10.4 Å². The normalized spacial score (nSPS) is 49.6. The summed E-state index contributed by atoms with van der Waals surface area (Å²) in [5, 5.41) is 67.2. The summed E-state index contributed by atoms with van der Waals surface area (Å²) in [6.45, 7) is 9.56. The molecule has 0 heterocycles. The predicted molar refractivity (Wildman–Crippen MR) is 136 cm³/mol. The first-order chi connectivity index (χ1) is 17.4. The van der Waals surface area contributed by atoms with Crippen LogP contribution in [0.3, 0.4) is 0 Å². The van der Waals surface area contributed by atoms with Crippen LogP contribution in [0.1, 0.15) is 66.7 Å². The van der Waals surface area contributed by atoms with Crippen molar-refractivity contribution in [2.24, 2.45) is 46.3 Å². The van der Waals surface area contributed by atoms with E-state index in [0.29, 0.717) is 25.7 Å². The molecule has 4 aliphatic rings. The zero-order valence-electron chi connectivity index (χ0n) is 23.8. The van der Waals surface area contributed by atoms with Crippen LogP contribution in [-0.2, 0) is 14.6 Å². The summed E-state index contributed by atoms with van der Waals surface area (Å²) in [6, 6.07) is 0. The number of hydrogen-bond acceptors (Lipinski definition) is 10. The Hall–Kier alpha value is 0.370. The standard InChI is InChI=1S/C27H46O10S.Na/c1-13(2)16(28)7-6-14(3)15-12-18(30)23-25(15,4)11-9-19-26(5)10-8-17(29)21(31)20(26)22(37-38(34,35)36)24(32)27(19,23)33;/h6-7,13-24,28-33H,8-12H2,1-5H3,(H,34,35,36);/q;+1/p-1/b7-6+;/t14-,15-,16+,17+,18-,19-,20?,21+,22-,23-,24-,25-,26-,27+;/m1./s1. The Labute approximate surface area is 254 Å². The van der Waals surface area contributed by atoms with Gasteiger partial charge < -0.3 is 35.2 Å². The van der Waals surface area contributed by atoms with Crippen LogP contribution in [0.4, 0.5) is 0 Å². The van der Waals surface area contributed by atoms with Crippen molar-refractivity contribution in [2.45, 2.75) is 109 Å². The average Bonchev–Trinajstić information content (AvgIpc) is 3.08. The molecule has 39 heavy (non-hydrogen) atoms. The molecule has 0 aromatic rings. The van der Waals surface area contributed by atoms with E-state index in [0.717, 1.165) is 0 Å². The first kappa shape index (κ1) is 33.9. The van der Waals surface area contributed by atoms with Gasteiger partial charge in [0.25, 0.3) is 0 Å². The Morgan fingerprint density at radius 3 is 2.13 bits per heavy atom. The van der Waals surface area contributed by atoms with Gasteiger partial charge >= 0.3 is 29.6 Å². The molecule has 4 fully saturated rings. The maximum atomic E-state index is 12.5. The van der Waals surface area contributed by atoms with E-state index in [-0.39, 0.29) is 53.7 Å². The number of allylic oxidation sites excluding steroid dienone is 1. The Kier molecular flexibility index (Phi) is 9.95. The van der Waals surface area contributed by atoms with Gasteiger partial charge in [-0.05, 0) is 66.6 Å². The van der Waals surface area contributed by atoms with Gasteiger partial charge in [-0.3, -0.25) is 4.18 Å². The third-order valence-electron chi connectivity index (χ3n) is 11.1. The fourth-order valence-corrected chi connectivity index (χ4v) is 9.73. The maximum Gasteiger partial charge on any atom is 1.00 e. The van der Waals surface area contributed by atoms with Gasteiger partial charge in [0.2, 0.25) is 10.4 Å². The molecule has 220 valence electrons. The van der Waals surface area contributed by atoms with E-state index < -0.39 is 81.2 Å². The van der Waals surface area contributed by atoms with Crippen LogP contribution in [0.25, 0.3) is 0 Å². The number of hydrogen-bond donors (Lipinski definition) is 6. The van der Waals surface area contributed by atoms with Crippen LogP contribution in [0.2, 0.25) is 0 Å². The van der Waals surface area contributed by atoms with Crippen LogP contribution in [0.5, 0.6) is 0 Å². The maximum absolute atomic E-state index is 12.5. The number of aliphatic hydroxyl groups excluding tert-OH is 5. The Morgan fingerprint density at radius 1 is 0.974 bits per heavy atom. The Bertz CT molecular complexity index is 1020.